The van der Waals surface area contributed by atoms with Gasteiger partial charge in [-0.15, -0.1) is 0 Å². The Labute approximate surface area is 158 Å². The smallest absolute Gasteiger partial charge is 0.191 e. The number of halogens is 1. The number of furan rings is 1. The van der Waals surface area contributed by atoms with Crippen molar-refractivity contribution in [1.29, 1.82) is 0 Å². The van der Waals surface area contributed by atoms with E-state index in [9.17, 15) is 4.39 Å². The molecule has 0 aliphatic rings. The number of aliphatic imine (C=N–C) groups is 1. The van der Waals surface area contributed by atoms with Gasteiger partial charge >= 0.3 is 0 Å². The predicted molar refractivity (Wildman–Crippen MR) is 105 cm³/mol. The first-order chi connectivity index (χ1) is 12.7. The molecule has 0 spiro atoms. The van der Waals surface area contributed by atoms with Crippen LogP contribution in [0.3, 0.4) is 0 Å². The van der Waals surface area contributed by atoms with E-state index in [2.05, 4.69) is 15.6 Å². The number of benzene rings is 1. The van der Waals surface area contributed by atoms with E-state index in [1.807, 2.05) is 24.5 Å². The molecule has 7 heteroatoms. The summed E-state index contributed by atoms with van der Waals surface area (Å²) >= 11 is 1.68. The Morgan fingerprint density at radius 3 is 2.88 bits per heavy atom. The number of hydrogen-bond acceptors (Lipinski definition) is 4. The normalized spacial score (nSPS) is 11.6. The summed E-state index contributed by atoms with van der Waals surface area (Å²) < 4.78 is 24.2. The van der Waals surface area contributed by atoms with E-state index in [4.69, 9.17) is 9.15 Å². The third-order valence-electron chi connectivity index (χ3n) is 3.72. The second-order valence-corrected chi connectivity index (χ2v) is 6.55. The van der Waals surface area contributed by atoms with Crippen molar-refractivity contribution in [2.24, 2.45) is 4.99 Å². The molecule has 0 bridgehead atoms. The average Bonchev–Trinajstić information content (AvgIpc) is 3.15. The Kier molecular flexibility index (Phi) is 9.06. The van der Waals surface area contributed by atoms with Crippen molar-refractivity contribution in [3.05, 3.63) is 59.3 Å². The lowest BCUT2D eigenvalue weighted by Gasteiger charge is -2.14. The molecule has 26 heavy (non-hydrogen) atoms. The first-order valence-electron chi connectivity index (χ1n) is 8.54. The van der Waals surface area contributed by atoms with Crippen molar-refractivity contribution < 1.29 is 13.5 Å². The summed E-state index contributed by atoms with van der Waals surface area (Å²) in [6, 6.07) is 8.66. The second kappa shape index (κ2) is 11.6. The van der Waals surface area contributed by atoms with E-state index >= 15 is 0 Å². The summed E-state index contributed by atoms with van der Waals surface area (Å²) in [6.07, 6.45) is 4.51. The SMILES string of the molecule is CN=C(NCCCOCc1ccco1)NCc1ccc(F)cc1CSC. The molecule has 0 aliphatic carbocycles. The highest BCUT2D eigenvalue weighted by molar-refractivity contribution is 7.97. The lowest BCUT2D eigenvalue weighted by atomic mass is 10.1. The van der Waals surface area contributed by atoms with Crippen LogP contribution in [0.4, 0.5) is 4.39 Å². The van der Waals surface area contributed by atoms with Gasteiger partial charge in [-0.05, 0) is 48.1 Å². The van der Waals surface area contributed by atoms with Crippen LogP contribution in [0.15, 0.2) is 46.0 Å². The van der Waals surface area contributed by atoms with Gasteiger partial charge in [-0.25, -0.2) is 4.39 Å². The molecule has 142 valence electrons. The fraction of sp³-hybridized carbons (Fsp3) is 0.421. The zero-order chi connectivity index (χ0) is 18.6. The highest BCUT2D eigenvalue weighted by Crippen LogP contribution is 2.16. The van der Waals surface area contributed by atoms with Crippen LogP contribution in [-0.2, 0) is 23.6 Å². The summed E-state index contributed by atoms with van der Waals surface area (Å²) in [6.45, 7) is 2.48. The Hall–Kier alpha value is -1.99. The number of guanidine groups is 1. The van der Waals surface area contributed by atoms with Gasteiger partial charge in [0.25, 0.3) is 0 Å². The van der Waals surface area contributed by atoms with Gasteiger partial charge in [-0.3, -0.25) is 4.99 Å². The summed E-state index contributed by atoms with van der Waals surface area (Å²) in [4.78, 5) is 4.21. The lowest BCUT2D eigenvalue weighted by Crippen LogP contribution is -2.37. The maximum atomic E-state index is 13.4. The molecule has 0 radical (unpaired) electrons. The summed E-state index contributed by atoms with van der Waals surface area (Å²) in [5.41, 5.74) is 2.08. The average molecular weight is 380 g/mol. The second-order valence-electron chi connectivity index (χ2n) is 5.68. The zero-order valence-corrected chi connectivity index (χ0v) is 16.1. The Morgan fingerprint density at radius 1 is 1.27 bits per heavy atom. The van der Waals surface area contributed by atoms with Gasteiger partial charge in [0.2, 0.25) is 0 Å². The van der Waals surface area contributed by atoms with Gasteiger partial charge in [-0.2, -0.15) is 11.8 Å². The third-order valence-corrected chi connectivity index (χ3v) is 4.32. The van der Waals surface area contributed by atoms with Crippen LogP contribution in [0.1, 0.15) is 23.3 Å². The standard InChI is InChI=1S/C19H26FN3O2S/c1-21-19(22-8-4-9-24-13-18-5-3-10-25-18)23-12-15-6-7-17(20)11-16(15)14-26-2/h3,5-7,10-11H,4,8-9,12-14H2,1-2H3,(H2,21,22,23). The van der Waals surface area contributed by atoms with E-state index in [1.165, 1.54) is 6.07 Å². The van der Waals surface area contributed by atoms with Gasteiger partial charge in [0, 0.05) is 32.5 Å². The van der Waals surface area contributed by atoms with Crippen LogP contribution < -0.4 is 10.6 Å². The summed E-state index contributed by atoms with van der Waals surface area (Å²) in [7, 11) is 1.73. The number of rotatable bonds is 10. The van der Waals surface area contributed by atoms with Crippen LogP contribution in [0.2, 0.25) is 0 Å². The fourth-order valence-electron chi connectivity index (χ4n) is 2.40. The van der Waals surface area contributed by atoms with Crippen molar-refractivity contribution in [3.63, 3.8) is 0 Å². The first kappa shape index (κ1) is 20.3. The van der Waals surface area contributed by atoms with Crippen molar-refractivity contribution >= 4 is 17.7 Å². The molecule has 0 fully saturated rings. The summed E-state index contributed by atoms with van der Waals surface area (Å²) in [5.74, 6) is 2.13. The van der Waals surface area contributed by atoms with Crippen molar-refractivity contribution in [2.45, 2.75) is 25.3 Å². The van der Waals surface area contributed by atoms with Crippen LogP contribution >= 0.6 is 11.8 Å². The monoisotopic (exact) mass is 379 g/mol. The van der Waals surface area contributed by atoms with Gasteiger partial charge in [0.05, 0.1) is 6.26 Å². The molecule has 1 aromatic carbocycles. The largest absolute Gasteiger partial charge is 0.467 e. The highest BCUT2D eigenvalue weighted by Gasteiger charge is 2.05. The van der Waals surface area contributed by atoms with Gasteiger partial charge in [0.15, 0.2) is 5.96 Å². The lowest BCUT2D eigenvalue weighted by molar-refractivity contribution is 0.105. The van der Waals surface area contributed by atoms with Gasteiger partial charge in [0.1, 0.15) is 18.2 Å². The highest BCUT2D eigenvalue weighted by atomic mass is 32.2. The van der Waals surface area contributed by atoms with Crippen LogP contribution in [0.5, 0.6) is 0 Å². The molecule has 2 aromatic rings. The molecular formula is C19H26FN3O2S. The van der Waals surface area contributed by atoms with Gasteiger partial charge < -0.3 is 19.8 Å². The summed E-state index contributed by atoms with van der Waals surface area (Å²) in [5, 5.41) is 6.52. The number of nitrogens with zero attached hydrogens (tertiary/aromatic N) is 1. The Morgan fingerprint density at radius 2 is 2.15 bits per heavy atom. The van der Waals surface area contributed by atoms with Crippen LogP contribution in [0.25, 0.3) is 0 Å². The molecule has 1 aromatic heterocycles. The van der Waals surface area contributed by atoms with E-state index in [-0.39, 0.29) is 5.82 Å². The molecule has 5 nitrogen and oxygen atoms in total. The van der Waals surface area contributed by atoms with Crippen molar-refractivity contribution in [3.8, 4) is 0 Å². The molecule has 1 heterocycles. The third kappa shape index (κ3) is 7.09. The molecule has 0 aliphatic heterocycles. The van der Waals surface area contributed by atoms with E-state index in [0.717, 1.165) is 41.6 Å². The molecule has 0 amide bonds. The minimum absolute atomic E-state index is 0.199. The number of nitrogens with one attached hydrogen (secondary N) is 2. The molecule has 0 saturated carbocycles. The molecule has 0 unspecified atom stereocenters. The number of ether oxygens (including phenoxy) is 1. The first-order valence-corrected chi connectivity index (χ1v) is 9.93. The van der Waals surface area contributed by atoms with Crippen LogP contribution in [0, 0.1) is 5.82 Å². The topological polar surface area (TPSA) is 58.8 Å². The maximum absolute atomic E-state index is 13.4. The van der Waals surface area contributed by atoms with E-state index < -0.39 is 0 Å². The minimum Gasteiger partial charge on any atom is -0.467 e. The number of thioether (sulfide) groups is 1. The number of hydrogen-bond donors (Lipinski definition) is 2. The van der Waals surface area contributed by atoms with E-state index in [0.29, 0.717) is 19.8 Å². The molecule has 0 atom stereocenters. The maximum Gasteiger partial charge on any atom is 0.191 e. The molecule has 2 N–H and O–H groups in total. The molecular weight excluding hydrogens is 353 g/mol. The minimum atomic E-state index is -0.199. The van der Waals surface area contributed by atoms with Crippen molar-refractivity contribution in [2.75, 3.05) is 26.5 Å². The molecule has 0 saturated heterocycles. The van der Waals surface area contributed by atoms with Crippen molar-refractivity contribution in [1.82, 2.24) is 10.6 Å². The molecule has 2 rings (SSSR count). The van der Waals surface area contributed by atoms with Gasteiger partial charge in [-0.1, -0.05) is 6.07 Å². The zero-order valence-electron chi connectivity index (χ0n) is 15.3. The predicted octanol–water partition coefficient (Wildman–Crippen LogP) is 3.55. The Balaban J connectivity index is 1.67. The van der Waals surface area contributed by atoms with Crippen LogP contribution in [-0.4, -0.2) is 32.4 Å². The quantitative estimate of drug-likeness (QED) is 0.376. The van der Waals surface area contributed by atoms with E-state index in [1.54, 1.807) is 31.1 Å². The fourth-order valence-corrected chi connectivity index (χ4v) is 2.98. The Bertz CT molecular complexity index is 677.